The van der Waals surface area contributed by atoms with Gasteiger partial charge in [-0.2, -0.15) is 0 Å². The number of esters is 1. The van der Waals surface area contributed by atoms with Crippen LogP contribution in [0.5, 0.6) is 0 Å². The molecular weight excluding hydrogens is 362 g/mol. The van der Waals surface area contributed by atoms with E-state index < -0.39 is 5.97 Å². The fraction of sp³-hybridized carbons (Fsp3) is 0.316. The molecule has 28 heavy (non-hydrogen) atoms. The molecule has 1 aliphatic heterocycles. The van der Waals surface area contributed by atoms with Gasteiger partial charge in [0.15, 0.2) is 0 Å². The second-order valence-corrected chi connectivity index (χ2v) is 6.35. The summed E-state index contributed by atoms with van der Waals surface area (Å²) in [7, 11) is 1.31. The van der Waals surface area contributed by atoms with E-state index in [0.717, 1.165) is 6.41 Å². The van der Waals surface area contributed by atoms with Crippen LogP contribution in [0.15, 0.2) is 30.3 Å². The monoisotopic (exact) mass is 383 g/mol. The van der Waals surface area contributed by atoms with Crippen LogP contribution < -0.4 is 10.2 Å². The molecule has 1 fully saturated rings. The Balaban J connectivity index is 1.72. The highest BCUT2D eigenvalue weighted by Gasteiger charge is 2.20. The smallest absolute Gasteiger partial charge is 0.337 e. The Morgan fingerprint density at radius 1 is 1.11 bits per heavy atom. The summed E-state index contributed by atoms with van der Waals surface area (Å²) >= 11 is 0. The first-order chi connectivity index (χ1) is 13.5. The zero-order chi connectivity index (χ0) is 20.1. The average molecular weight is 383 g/mol. The summed E-state index contributed by atoms with van der Waals surface area (Å²) < 4.78 is 4.65. The molecule has 1 aromatic heterocycles. The molecule has 0 atom stereocenters. The van der Waals surface area contributed by atoms with Gasteiger partial charge in [-0.05, 0) is 37.3 Å². The lowest BCUT2D eigenvalue weighted by atomic mass is 10.2. The Bertz CT molecular complexity index is 876. The number of anilines is 2. The molecule has 3 rings (SSSR count). The van der Waals surface area contributed by atoms with E-state index in [1.807, 2.05) is 4.90 Å². The molecule has 146 valence electrons. The molecule has 0 radical (unpaired) electrons. The number of nitrogens with zero attached hydrogens (tertiary/aromatic N) is 4. The molecular formula is C19H21N5O4. The average Bonchev–Trinajstić information content (AvgIpc) is 2.73. The third kappa shape index (κ3) is 4.43. The van der Waals surface area contributed by atoms with Crippen LogP contribution in [-0.2, 0) is 9.53 Å². The van der Waals surface area contributed by atoms with Crippen molar-refractivity contribution in [1.29, 1.82) is 0 Å². The van der Waals surface area contributed by atoms with Crippen molar-refractivity contribution >= 4 is 29.9 Å². The molecule has 2 aromatic rings. The number of hydrogen-bond donors (Lipinski definition) is 1. The van der Waals surface area contributed by atoms with Crippen LogP contribution in [0.3, 0.4) is 0 Å². The van der Waals surface area contributed by atoms with E-state index in [2.05, 4.69) is 20.0 Å². The van der Waals surface area contributed by atoms with Gasteiger partial charge in [-0.3, -0.25) is 9.59 Å². The summed E-state index contributed by atoms with van der Waals surface area (Å²) in [5.41, 5.74) is 1.86. The number of hydrogen-bond acceptors (Lipinski definition) is 7. The number of ether oxygens (including phenoxy) is 1. The number of nitrogens with one attached hydrogen (secondary N) is 1. The number of methoxy groups -OCH3 is 1. The summed E-state index contributed by atoms with van der Waals surface area (Å²) in [5, 5.41) is 2.76. The van der Waals surface area contributed by atoms with Crippen molar-refractivity contribution in [1.82, 2.24) is 14.9 Å². The van der Waals surface area contributed by atoms with Gasteiger partial charge in [-0.25, -0.2) is 14.8 Å². The van der Waals surface area contributed by atoms with Crippen molar-refractivity contribution in [3.8, 4) is 0 Å². The first-order valence-corrected chi connectivity index (χ1v) is 8.80. The Morgan fingerprint density at radius 3 is 2.39 bits per heavy atom. The quantitative estimate of drug-likeness (QED) is 0.609. The van der Waals surface area contributed by atoms with E-state index in [4.69, 9.17) is 0 Å². The normalized spacial score (nSPS) is 13.8. The van der Waals surface area contributed by atoms with Crippen molar-refractivity contribution in [3.63, 3.8) is 0 Å². The first kappa shape index (κ1) is 19.3. The van der Waals surface area contributed by atoms with Crippen molar-refractivity contribution in [3.05, 3.63) is 47.3 Å². The van der Waals surface area contributed by atoms with E-state index in [0.29, 0.717) is 49.1 Å². The maximum absolute atomic E-state index is 12.6. The first-order valence-electron chi connectivity index (χ1n) is 8.80. The summed E-state index contributed by atoms with van der Waals surface area (Å²) in [6, 6.07) is 8.01. The van der Waals surface area contributed by atoms with Crippen molar-refractivity contribution in [2.24, 2.45) is 0 Å². The molecule has 2 heterocycles. The summed E-state index contributed by atoms with van der Waals surface area (Å²) in [5.74, 6) is -0.343. The lowest BCUT2D eigenvalue weighted by Crippen LogP contribution is -2.46. The van der Waals surface area contributed by atoms with Crippen LogP contribution in [0.1, 0.15) is 26.5 Å². The van der Waals surface area contributed by atoms with Crippen LogP contribution in [0.2, 0.25) is 0 Å². The van der Waals surface area contributed by atoms with E-state index in [9.17, 15) is 14.4 Å². The van der Waals surface area contributed by atoms with Crippen LogP contribution >= 0.6 is 0 Å². The molecule has 2 amide bonds. The van der Waals surface area contributed by atoms with Gasteiger partial charge >= 0.3 is 5.97 Å². The fourth-order valence-electron chi connectivity index (χ4n) is 2.84. The topological polar surface area (TPSA) is 105 Å². The molecule has 9 heteroatoms. The molecule has 0 bridgehead atoms. The van der Waals surface area contributed by atoms with Gasteiger partial charge in [-0.15, -0.1) is 0 Å². The molecule has 1 aliphatic rings. The fourth-order valence-corrected chi connectivity index (χ4v) is 2.84. The summed E-state index contributed by atoms with van der Waals surface area (Å²) in [6.45, 7) is 4.20. The number of rotatable bonds is 5. The van der Waals surface area contributed by atoms with Crippen LogP contribution in [0.4, 0.5) is 11.6 Å². The third-order valence-corrected chi connectivity index (χ3v) is 4.39. The Kier molecular flexibility index (Phi) is 5.83. The molecule has 0 spiro atoms. The minimum Gasteiger partial charge on any atom is -0.465 e. The highest BCUT2D eigenvalue weighted by atomic mass is 16.5. The molecule has 9 nitrogen and oxygen atoms in total. The van der Waals surface area contributed by atoms with Crippen LogP contribution in [0.25, 0.3) is 0 Å². The zero-order valence-corrected chi connectivity index (χ0v) is 15.7. The largest absolute Gasteiger partial charge is 0.465 e. The van der Waals surface area contributed by atoms with Gasteiger partial charge in [0.05, 0.1) is 12.7 Å². The second kappa shape index (κ2) is 8.47. The predicted octanol–water partition coefficient (Wildman–Crippen LogP) is 1.10. The molecule has 0 unspecified atom stereocenters. The summed E-state index contributed by atoms with van der Waals surface area (Å²) in [6.07, 6.45) is 0.832. The minimum atomic E-state index is -0.441. The number of piperazine rings is 1. The number of carbonyl (C=O) groups excluding carboxylic acids is 3. The van der Waals surface area contributed by atoms with E-state index >= 15 is 0 Å². The number of aromatic nitrogens is 2. The number of aryl methyl sites for hydroxylation is 1. The number of benzene rings is 1. The number of amides is 2. The molecule has 0 saturated carbocycles. The molecule has 1 N–H and O–H groups in total. The summed E-state index contributed by atoms with van der Waals surface area (Å²) in [4.78, 5) is 47.4. The van der Waals surface area contributed by atoms with Crippen molar-refractivity contribution < 1.29 is 19.1 Å². The Labute approximate surface area is 162 Å². The van der Waals surface area contributed by atoms with Gasteiger partial charge in [0.1, 0.15) is 5.69 Å². The second-order valence-electron chi connectivity index (χ2n) is 6.35. The molecule has 1 saturated heterocycles. The van der Waals surface area contributed by atoms with Gasteiger partial charge in [0.2, 0.25) is 12.4 Å². The number of carbonyl (C=O) groups is 3. The Hall–Kier alpha value is -3.49. The van der Waals surface area contributed by atoms with Gasteiger partial charge in [0, 0.05) is 37.6 Å². The molecule has 0 aliphatic carbocycles. The predicted molar refractivity (Wildman–Crippen MR) is 102 cm³/mol. The molecule has 1 aromatic carbocycles. The minimum absolute atomic E-state index is 0.248. The van der Waals surface area contributed by atoms with Gasteiger partial charge in [-0.1, -0.05) is 0 Å². The SMILES string of the molecule is COC(=O)c1ccc(NC(=O)c2cc(C)nc(N3CCN(C=O)CC3)n2)cc1. The van der Waals surface area contributed by atoms with Crippen molar-refractivity contribution in [2.45, 2.75) is 6.92 Å². The van der Waals surface area contributed by atoms with E-state index in [1.54, 1.807) is 42.2 Å². The Morgan fingerprint density at radius 2 is 1.79 bits per heavy atom. The van der Waals surface area contributed by atoms with Crippen LogP contribution in [0, 0.1) is 6.92 Å². The third-order valence-electron chi connectivity index (χ3n) is 4.39. The van der Waals surface area contributed by atoms with E-state index in [1.165, 1.54) is 7.11 Å². The maximum Gasteiger partial charge on any atom is 0.337 e. The van der Waals surface area contributed by atoms with Crippen LogP contribution in [-0.4, -0.2) is 66.4 Å². The van der Waals surface area contributed by atoms with Gasteiger partial charge < -0.3 is 19.9 Å². The zero-order valence-electron chi connectivity index (χ0n) is 15.7. The maximum atomic E-state index is 12.6. The lowest BCUT2D eigenvalue weighted by molar-refractivity contribution is -0.118. The highest BCUT2D eigenvalue weighted by molar-refractivity contribution is 6.03. The van der Waals surface area contributed by atoms with E-state index in [-0.39, 0.29) is 11.6 Å². The highest BCUT2D eigenvalue weighted by Crippen LogP contribution is 2.15. The van der Waals surface area contributed by atoms with Gasteiger partial charge in [0.25, 0.3) is 5.91 Å². The lowest BCUT2D eigenvalue weighted by Gasteiger charge is -2.32. The standard InChI is InChI=1S/C19H21N5O4/c1-13-11-16(22-19(20-13)24-9-7-23(12-25)8-10-24)17(26)21-15-5-3-14(4-6-15)18(27)28-2/h3-6,11-12H,7-10H2,1-2H3,(H,21,26). The van der Waals surface area contributed by atoms with Crippen molar-refractivity contribution in [2.75, 3.05) is 43.5 Å².